The second-order valence-electron chi connectivity index (χ2n) is 5.79. The minimum atomic E-state index is -4.79. The van der Waals surface area contributed by atoms with Crippen molar-refractivity contribution in [1.82, 2.24) is 15.1 Å². The Labute approximate surface area is 149 Å². The van der Waals surface area contributed by atoms with E-state index in [1.54, 1.807) is 12.3 Å². The molecular formula is C17H11F4N3O3. The topological polar surface area (TPSA) is 70.3 Å². The first-order valence-corrected chi connectivity index (χ1v) is 7.78. The van der Waals surface area contributed by atoms with E-state index in [9.17, 15) is 17.6 Å². The van der Waals surface area contributed by atoms with Crippen molar-refractivity contribution in [3.05, 3.63) is 59.0 Å². The van der Waals surface area contributed by atoms with Gasteiger partial charge in [0.05, 0.1) is 30.7 Å². The lowest BCUT2D eigenvalue weighted by Gasteiger charge is -2.08. The first-order valence-electron chi connectivity index (χ1n) is 7.78. The fraction of sp³-hybridized carbons (Fsp3) is 0.235. The SMILES string of the molecule is Fc1cc(COc2cnc3c(c2)COC3)ccc1-c1noc(C(F)(F)F)n1. The second-order valence-corrected chi connectivity index (χ2v) is 5.79. The third kappa shape index (κ3) is 3.61. The minimum absolute atomic E-state index is 0.0541. The maximum atomic E-state index is 14.3. The Bertz CT molecular complexity index is 988. The number of alkyl halides is 3. The van der Waals surface area contributed by atoms with Crippen molar-refractivity contribution in [1.29, 1.82) is 0 Å². The van der Waals surface area contributed by atoms with E-state index in [0.717, 1.165) is 17.3 Å². The van der Waals surface area contributed by atoms with E-state index in [-0.39, 0.29) is 12.2 Å². The van der Waals surface area contributed by atoms with Crippen LogP contribution in [0.1, 0.15) is 22.7 Å². The molecular weight excluding hydrogens is 370 g/mol. The Hall–Kier alpha value is -3.01. The highest BCUT2D eigenvalue weighted by atomic mass is 19.4. The molecule has 0 saturated carbocycles. The van der Waals surface area contributed by atoms with Gasteiger partial charge in [-0.15, -0.1) is 0 Å². The molecule has 0 amide bonds. The van der Waals surface area contributed by atoms with E-state index < -0.39 is 23.7 Å². The molecule has 4 rings (SSSR count). The number of benzene rings is 1. The lowest BCUT2D eigenvalue weighted by molar-refractivity contribution is -0.159. The summed E-state index contributed by atoms with van der Waals surface area (Å²) in [5.74, 6) is -2.28. The number of fused-ring (bicyclic) bond motifs is 1. The van der Waals surface area contributed by atoms with Gasteiger partial charge in [-0.2, -0.15) is 18.2 Å². The number of rotatable bonds is 4. The van der Waals surface area contributed by atoms with Gasteiger partial charge in [0, 0.05) is 5.56 Å². The fourth-order valence-electron chi connectivity index (χ4n) is 2.55. The summed E-state index contributed by atoms with van der Waals surface area (Å²) in [5.41, 5.74) is 2.07. The van der Waals surface area contributed by atoms with Crippen molar-refractivity contribution in [3.63, 3.8) is 0 Å². The zero-order chi connectivity index (χ0) is 19.0. The van der Waals surface area contributed by atoms with Crippen LogP contribution >= 0.6 is 0 Å². The maximum Gasteiger partial charge on any atom is 0.471 e. The Morgan fingerprint density at radius 1 is 1.15 bits per heavy atom. The van der Waals surface area contributed by atoms with Crippen LogP contribution in [0.25, 0.3) is 11.4 Å². The number of nitrogens with zero attached hydrogens (tertiary/aromatic N) is 3. The zero-order valence-electron chi connectivity index (χ0n) is 13.6. The molecule has 0 N–H and O–H groups in total. The van der Waals surface area contributed by atoms with Crippen LogP contribution in [0.2, 0.25) is 0 Å². The molecule has 3 heterocycles. The van der Waals surface area contributed by atoms with E-state index in [1.807, 2.05) is 0 Å². The number of hydrogen-bond donors (Lipinski definition) is 0. The molecule has 0 radical (unpaired) electrons. The van der Waals surface area contributed by atoms with Crippen molar-refractivity contribution in [3.8, 4) is 17.1 Å². The van der Waals surface area contributed by atoms with E-state index in [0.29, 0.717) is 24.5 Å². The van der Waals surface area contributed by atoms with Gasteiger partial charge in [-0.1, -0.05) is 11.2 Å². The van der Waals surface area contributed by atoms with Crippen LogP contribution in [0, 0.1) is 5.82 Å². The monoisotopic (exact) mass is 381 g/mol. The maximum absolute atomic E-state index is 14.3. The molecule has 1 aliphatic rings. The van der Waals surface area contributed by atoms with Crippen LogP contribution in [0.4, 0.5) is 17.6 Å². The van der Waals surface area contributed by atoms with Gasteiger partial charge in [0.25, 0.3) is 0 Å². The molecule has 1 aliphatic heterocycles. The molecule has 0 fully saturated rings. The van der Waals surface area contributed by atoms with E-state index in [1.165, 1.54) is 12.1 Å². The smallest absolute Gasteiger partial charge is 0.471 e. The van der Waals surface area contributed by atoms with Crippen LogP contribution in [-0.2, 0) is 30.7 Å². The molecule has 0 atom stereocenters. The molecule has 6 nitrogen and oxygen atoms in total. The number of ether oxygens (including phenoxy) is 2. The predicted octanol–water partition coefficient (Wildman–Crippen LogP) is 3.90. The normalized spacial score (nSPS) is 13.6. The number of hydrogen-bond acceptors (Lipinski definition) is 6. The van der Waals surface area contributed by atoms with Crippen LogP contribution in [0.15, 0.2) is 35.0 Å². The second kappa shape index (κ2) is 6.62. The molecule has 0 unspecified atom stereocenters. The van der Waals surface area contributed by atoms with Gasteiger partial charge in [0.1, 0.15) is 18.2 Å². The quantitative estimate of drug-likeness (QED) is 0.639. The first-order chi connectivity index (χ1) is 12.9. The van der Waals surface area contributed by atoms with E-state index >= 15 is 0 Å². The molecule has 1 aromatic carbocycles. The van der Waals surface area contributed by atoms with Crippen LogP contribution in [0.5, 0.6) is 5.75 Å². The van der Waals surface area contributed by atoms with Gasteiger partial charge in [-0.05, 0) is 23.8 Å². The summed E-state index contributed by atoms with van der Waals surface area (Å²) in [6, 6.07) is 5.72. The van der Waals surface area contributed by atoms with Crippen LogP contribution in [0.3, 0.4) is 0 Å². The average Bonchev–Trinajstić information content (AvgIpc) is 3.28. The minimum Gasteiger partial charge on any atom is -0.487 e. The Morgan fingerprint density at radius 2 is 2.00 bits per heavy atom. The summed E-state index contributed by atoms with van der Waals surface area (Å²) >= 11 is 0. The van der Waals surface area contributed by atoms with Crippen molar-refractivity contribution in [2.45, 2.75) is 26.0 Å². The lowest BCUT2D eigenvalue weighted by atomic mass is 10.1. The third-order valence-corrected chi connectivity index (χ3v) is 3.88. The highest BCUT2D eigenvalue weighted by Crippen LogP contribution is 2.30. The van der Waals surface area contributed by atoms with Crippen molar-refractivity contribution in [2.75, 3.05) is 0 Å². The zero-order valence-corrected chi connectivity index (χ0v) is 13.6. The summed E-state index contributed by atoms with van der Waals surface area (Å²) in [6.45, 7) is 0.987. The number of halogens is 4. The molecule has 0 bridgehead atoms. The molecule has 140 valence electrons. The van der Waals surface area contributed by atoms with E-state index in [2.05, 4.69) is 19.6 Å². The average molecular weight is 381 g/mol. The van der Waals surface area contributed by atoms with Gasteiger partial charge < -0.3 is 14.0 Å². The lowest BCUT2D eigenvalue weighted by Crippen LogP contribution is -2.05. The van der Waals surface area contributed by atoms with Crippen LogP contribution < -0.4 is 4.74 Å². The summed E-state index contributed by atoms with van der Waals surface area (Å²) in [6.07, 6.45) is -3.24. The fourth-order valence-corrected chi connectivity index (χ4v) is 2.55. The summed E-state index contributed by atoms with van der Waals surface area (Å²) < 4.78 is 66.7. The number of pyridine rings is 1. The summed E-state index contributed by atoms with van der Waals surface area (Å²) in [5, 5.41) is 3.17. The van der Waals surface area contributed by atoms with E-state index in [4.69, 9.17) is 9.47 Å². The summed E-state index contributed by atoms with van der Waals surface area (Å²) in [4.78, 5) is 7.40. The molecule has 2 aromatic heterocycles. The van der Waals surface area contributed by atoms with Gasteiger partial charge in [0.2, 0.25) is 5.82 Å². The van der Waals surface area contributed by atoms with Crippen molar-refractivity contribution < 1.29 is 31.6 Å². The predicted molar refractivity (Wildman–Crippen MR) is 81.8 cm³/mol. The summed E-state index contributed by atoms with van der Waals surface area (Å²) in [7, 11) is 0. The standard InChI is InChI=1S/C17H11F4N3O3/c18-13-3-9(6-26-11-4-10-7-25-8-14(10)22-5-11)1-2-12(13)15-23-16(27-24-15)17(19,20)21/h1-5H,6-8H2. The van der Waals surface area contributed by atoms with Crippen molar-refractivity contribution in [2.24, 2.45) is 0 Å². The molecule has 10 heteroatoms. The Balaban J connectivity index is 1.48. The van der Waals surface area contributed by atoms with Gasteiger partial charge in [-0.25, -0.2) is 4.39 Å². The number of aromatic nitrogens is 3. The van der Waals surface area contributed by atoms with Gasteiger partial charge >= 0.3 is 12.1 Å². The third-order valence-electron chi connectivity index (χ3n) is 3.88. The van der Waals surface area contributed by atoms with Crippen molar-refractivity contribution >= 4 is 0 Å². The highest BCUT2D eigenvalue weighted by molar-refractivity contribution is 5.55. The van der Waals surface area contributed by atoms with Gasteiger partial charge in [-0.3, -0.25) is 4.98 Å². The Kier molecular flexibility index (Phi) is 4.27. The molecule has 0 spiro atoms. The Morgan fingerprint density at radius 3 is 2.74 bits per heavy atom. The molecule has 27 heavy (non-hydrogen) atoms. The highest BCUT2D eigenvalue weighted by Gasteiger charge is 2.38. The van der Waals surface area contributed by atoms with Gasteiger partial charge in [0.15, 0.2) is 0 Å². The molecule has 0 aliphatic carbocycles. The molecule has 3 aromatic rings. The largest absolute Gasteiger partial charge is 0.487 e. The molecule has 0 saturated heterocycles. The first kappa shape index (κ1) is 17.4. The van der Waals surface area contributed by atoms with Crippen LogP contribution in [-0.4, -0.2) is 15.1 Å².